The molecule has 0 radical (unpaired) electrons. The number of esters is 2. The largest absolute Gasteiger partial charge is 0.513 e. The SMILES string of the molecule is COC(=O)[C@H](C)NP(=O)(Oc1ccc(C[C@H](NC(=O)OCc2ccccc2)C(=O)OC)cc1)Oc1ccc([N+](=O)[O-])cc1. The molecule has 0 saturated heterocycles. The van der Waals surface area contributed by atoms with Crippen molar-refractivity contribution in [3.05, 3.63) is 100 Å². The van der Waals surface area contributed by atoms with Crippen LogP contribution in [-0.4, -0.2) is 49.3 Å². The van der Waals surface area contributed by atoms with Crippen molar-refractivity contribution in [1.82, 2.24) is 10.4 Å². The minimum Gasteiger partial charge on any atom is -0.468 e. The molecule has 1 unspecified atom stereocenters. The van der Waals surface area contributed by atoms with Crippen molar-refractivity contribution < 1.29 is 47.1 Å². The van der Waals surface area contributed by atoms with Crippen molar-refractivity contribution in [2.24, 2.45) is 0 Å². The van der Waals surface area contributed by atoms with Crippen LogP contribution in [0.15, 0.2) is 78.9 Å². The van der Waals surface area contributed by atoms with E-state index < -0.39 is 42.8 Å². The van der Waals surface area contributed by atoms with Crippen LogP contribution in [0.25, 0.3) is 0 Å². The molecule has 2 N–H and O–H groups in total. The second-order valence-corrected chi connectivity index (χ2v) is 10.6. The van der Waals surface area contributed by atoms with Crippen LogP contribution in [-0.2, 0) is 41.4 Å². The molecule has 0 aliphatic carbocycles. The highest BCUT2D eigenvalue weighted by atomic mass is 31.2. The van der Waals surface area contributed by atoms with Crippen molar-refractivity contribution in [3.8, 4) is 11.5 Å². The monoisotopic (exact) mass is 615 g/mol. The number of non-ortho nitro benzene ring substituents is 1. The van der Waals surface area contributed by atoms with E-state index in [-0.39, 0.29) is 30.2 Å². The van der Waals surface area contributed by atoms with Gasteiger partial charge in [-0.05, 0) is 42.3 Å². The van der Waals surface area contributed by atoms with Gasteiger partial charge >= 0.3 is 25.8 Å². The van der Waals surface area contributed by atoms with Crippen LogP contribution >= 0.6 is 7.75 Å². The Kier molecular flexibility index (Phi) is 11.6. The van der Waals surface area contributed by atoms with Crippen LogP contribution < -0.4 is 19.5 Å². The molecule has 3 aromatic rings. The fourth-order valence-electron chi connectivity index (χ4n) is 3.61. The second kappa shape index (κ2) is 15.3. The molecule has 43 heavy (non-hydrogen) atoms. The topological polar surface area (TPSA) is 182 Å². The minimum atomic E-state index is -4.31. The fraction of sp³-hybridized carbons (Fsp3) is 0.250. The highest BCUT2D eigenvalue weighted by Gasteiger charge is 2.34. The van der Waals surface area contributed by atoms with Crippen LogP contribution in [0.2, 0.25) is 0 Å². The van der Waals surface area contributed by atoms with Crippen LogP contribution in [0.4, 0.5) is 10.5 Å². The molecule has 1 amide bonds. The molecule has 0 heterocycles. The van der Waals surface area contributed by atoms with E-state index in [0.29, 0.717) is 5.56 Å². The van der Waals surface area contributed by atoms with E-state index in [1.165, 1.54) is 38.3 Å². The lowest BCUT2D eigenvalue weighted by Gasteiger charge is -2.23. The molecular formula is C28H30N3O11P. The van der Waals surface area contributed by atoms with Crippen molar-refractivity contribution in [3.63, 3.8) is 0 Å². The number of alkyl carbamates (subject to hydrolysis) is 1. The average molecular weight is 616 g/mol. The van der Waals surface area contributed by atoms with Gasteiger partial charge in [0.1, 0.15) is 30.2 Å². The van der Waals surface area contributed by atoms with Crippen molar-refractivity contribution >= 4 is 31.5 Å². The summed E-state index contributed by atoms with van der Waals surface area (Å²) in [5.74, 6) is -1.40. The Morgan fingerprint density at radius 1 is 0.837 bits per heavy atom. The predicted molar refractivity (Wildman–Crippen MR) is 152 cm³/mol. The number of benzene rings is 3. The Labute approximate surface area is 247 Å². The molecule has 3 aromatic carbocycles. The summed E-state index contributed by atoms with van der Waals surface area (Å²) in [6.45, 7) is 1.40. The van der Waals surface area contributed by atoms with Gasteiger partial charge < -0.3 is 28.6 Å². The van der Waals surface area contributed by atoms with E-state index in [1.54, 1.807) is 36.4 Å². The van der Waals surface area contributed by atoms with Crippen LogP contribution in [0.5, 0.6) is 11.5 Å². The number of ether oxygens (including phenoxy) is 3. The number of carbonyl (C=O) groups excluding carboxylic acids is 3. The van der Waals surface area contributed by atoms with Gasteiger partial charge in [0.25, 0.3) is 5.69 Å². The number of hydrogen-bond donors (Lipinski definition) is 2. The van der Waals surface area contributed by atoms with Crippen LogP contribution in [0.3, 0.4) is 0 Å². The third kappa shape index (κ3) is 10.1. The molecule has 0 fully saturated rings. The summed E-state index contributed by atoms with van der Waals surface area (Å²) in [5, 5.41) is 15.9. The molecule has 14 nitrogen and oxygen atoms in total. The van der Waals surface area contributed by atoms with Gasteiger partial charge in [-0.15, -0.1) is 0 Å². The fourth-order valence-corrected chi connectivity index (χ4v) is 5.13. The van der Waals surface area contributed by atoms with E-state index in [2.05, 4.69) is 15.1 Å². The first-order valence-corrected chi connectivity index (χ1v) is 14.3. The molecule has 0 spiro atoms. The number of methoxy groups -OCH3 is 2. The number of nitrogens with zero attached hydrogens (tertiary/aromatic N) is 1. The summed E-state index contributed by atoms with van der Waals surface area (Å²) in [6, 6.07) is 17.6. The maximum atomic E-state index is 13.7. The first-order valence-electron chi connectivity index (χ1n) is 12.7. The molecule has 0 aromatic heterocycles. The summed E-state index contributed by atoms with van der Waals surface area (Å²) in [6.07, 6.45) is -0.781. The summed E-state index contributed by atoms with van der Waals surface area (Å²) < 4.78 is 39.5. The number of amides is 1. The Bertz CT molecular complexity index is 1450. The number of nitrogens with one attached hydrogen (secondary N) is 2. The molecule has 3 rings (SSSR count). The van der Waals surface area contributed by atoms with Gasteiger partial charge in [0.05, 0.1) is 19.1 Å². The highest BCUT2D eigenvalue weighted by Crippen LogP contribution is 2.45. The zero-order valence-electron chi connectivity index (χ0n) is 23.5. The summed E-state index contributed by atoms with van der Waals surface area (Å²) in [4.78, 5) is 47.0. The van der Waals surface area contributed by atoms with Gasteiger partial charge in [0.2, 0.25) is 0 Å². The van der Waals surface area contributed by atoms with E-state index in [4.69, 9.17) is 18.5 Å². The normalized spacial score (nSPS) is 13.4. The Balaban J connectivity index is 1.71. The van der Waals surface area contributed by atoms with Crippen LogP contribution in [0, 0.1) is 10.1 Å². The molecule has 0 aliphatic heterocycles. The van der Waals surface area contributed by atoms with E-state index in [1.807, 2.05) is 6.07 Å². The third-order valence-corrected chi connectivity index (χ3v) is 7.36. The van der Waals surface area contributed by atoms with Gasteiger partial charge in [0.15, 0.2) is 0 Å². The Morgan fingerprint density at radius 2 is 1.40 bits per heavy atom. The number of rotatable bonds is 14. The molecule has 0 bridgehead atoms. The van der Waals surface area contributed by atoms with Crippen molar-refractivity contribution in [1.29, 1.82) is 0 Å². The lowest BCUT2D eigenvalue weighted by atomic mass is 10.1. The van der Waals surface area contributed by atoms with Gasteiger partial charge in [-0.25, -0.2) is 14.2 Å². The minimum absolute atomic E-state index is 0.0111. The van der Waals surface area contributed by atoms with Gasteiger partial charge in [-0.3, -0.25) is 14.9 Å². The maximum Gasteiger partial charge on any atom is 0.513 e. The average Bonchev–Trinajstić information content (AvgIpc) is 3.00. The van der Waals surface area contributed by atoms with Crippen LogP contribution in [0.1, 0.15) is 18.1 Å². The lowest BCUT2D eigenvalue weighted by Crippen LogP contribution is -2.43. The molecule has 3 atom stereocenters. The predicted octanol–water partition coefficient (Wildman–Crippen LogP) is 4.32. The van der Waals surface area contributed by atoms with E-state index in [9.17, 15) is 29.1 Å². The van der Waals surface area contributed by atoms with E-state index in [0.717, 1.165) is 24.8 Å². The van der Waals surface area contributed by atoms with Gasteiger partial charge in [-0.2, -0.15) is 5.09 Å². The summed E-state index contributed by atoms with van der Waals surface area (Å²) >= 11 is 0. The number of hydrogen-bond acceptors (Lipinski definition) is 11. The Morgan fingerprint density at radius 3 is 1.93 bits per heavy atom. The lowest BCUT2D eigenvalue weighted by molar-refractivity contribution is -0.384. The number of nitro groups is 1. The smallest absolute Gasteiger partial charge is 0.468 e. The maximum absolute atomic E-state index is 13.7. The Hall–Kier alpha value is -4.94. The standard InChI is InChI=1S/C28H30N3O11P/c1-19(26(32)38-2)30-43(37,42-24-15-11-22(12-16-24)31(35)36)41-23-13-9-20(10-14-23)17-25(27(33)39-3)29-28(34)40-18-21-7-5-4-6-8-21/h4-16,19,25H,17-18H2,1-3H3,(H,29,34)(H,30,37)/t19-,25-,43?/m0/s1. The van der Waals surface area contributed by atoms with Crippen molar-refractivity contribution in [2.45, 2.75) is 32.0 Å². The third-order valence-electron chi connectivity index (χ3n) is 5.76. The van der Waals surface area contributed by atoms with Gasteiger partial charge in [0, 0.05) is 18.6 Å². The van der Waals surface area contributed by atoms with Crippen molar-refractivity contribution in [2.75, 3.05) is 14.2 Å². The van der Waals surface area contributed by atoms with Gasteiger partial charge in [-0.1, -0.05) is 42.5 Å². The molecule has 0 aliphatic rings. The molecular weight excluding hydrogens is 585 g/mol. The second-order valence-electron chi connectivity index (χ2n) is 8.93. The number of carbonyl (C=O) groups is 3. The first kappa shape index (κ1) is 32.6. The quantitative estimate of drug-likeness (QED) is 0.0863. The summed E-state index contributed by atoms with van der Waals surface area (Å²) in [7, 11) is -1.97. The van der Waals surface area contributed by atoms with E-state index >= 15 is 0 Å². The first-order chi connectivity index (χ1) is 20.5. The summed E-state index contributed by atoms with van der Waals surface area (Å²) in [5.41, 5.74) is 1.14. The highest BCUT2D eigenvalue weighted by molar-refractivity contribution is 7.52. The molecule has 228 valence electrons. The number of nitro benzene ring substituents is 1. The zero-order valence-corrected chi connectivity index (χ0v) is 24.4. The zero-order chi connectivity index (χ0) is 31.4. The molecule has 0 saturated carbocycles. The molecule has 15 heteroatoms.